The highest BCUT2D eigenvalue weighted by atomic mass is 19.4. The summed E-state index contributed by atoms with van der Waals surface area (Å²) in [5.74, 6) is 0. The average Bonchev–Trinajstić information content (AvgIpc) is 2.64. The number of alkyl halides is 6. The highest BCUT2D eigenvalue weighted by Crippen LogP contribution is 2.34. The lowest BCUT2D eigenvalue weighted by atomic mass is 9.99. The number of amides is 2. The molecule has 2 amide bonds. The van der Waals surface area contributed by atoms with E-state index in [9.17, 15) is 46.1 Å². The van der Waals surface area contributed by atoms with Gasteiger partial charge in [0.1, 0.15) is 23.3 Å². The van der Waals surface area contributed by atoms with E-state index in [0.717, 1.165) is 0 Å². The fourth-order valence-electron chi connectivity index (χ4n) is 3.59. The topological polar surface area (TPSA) is 99.5 Å². The first-order chi connectivity index (χ1) is 16.0. The maximum absolute atomic E-state index is 12.8. The number of piperidine rings is 2. The minimum absolute atomic E-state index is 0.131. The molecular weight excluding hydrogens is 502 g/mol. The molecule has 2 fully saturated rings. The van der Waals surface area contributed by atoms with Crippen molar-refractivity contribution < 1.29 is 55.6 Å². The van der Waals surface area contributed by atoms with Crippen LogP contribution in [-0.2, 0) is 9.47 Å². The summed E-state index contributed by atoms with van der Waals surface area (Å²) in [4.78, 5) is 24.7. The summed E-state index contributed by atoms with van der Waals surface area (Å²) in [6.45, 7) is 9.23. The Labute approximate surface area is 206 Å². The lowest BCUT2D eigenvalue weighted by molar-refractivity contribution is -0.195. The average molecular weight is 539 g/mol. The number of hydrogen-bond donors (Lipinski definition) is 2. The molecule has 36 heavy (non-hydrogen) atoms. The van der Waals surface area contributed by atoms with Crippen molar-refractivity contribution in [2.24, 2.45) is 0 Å². The number of carbonyl (C=O) groups is 2. The van der Waals surface area contributed by atoms with E-state index in [-0.39, 0.29) is 25.9 Å². The van der Waals surface area contributed by atoms with Gasteiger partial charge in [-0.3, -0.25) is 9.80 Å². The number of carbonyl (C=O) groups excluding carboxylic acids is 2. The molecule has 2 N–H and O–H groups in total. The van der Waals surface area contributed by atoms with Gasteiger partial charge in [-0.05, 0) is 54.4 Å². The standard InChI is InChI=1S/2C11H18F3NO3/c2*1-10(2,3)18-9(17)15-5-4-7(16)6-8(15)11(12,13)14/h2*7-8,16H,4-6H2,1-3H3/t2*7-,8+/m10/s1. The van der Waals surface area contributed by atoms with Crippen LogP contribution in [0.2, 0.25) is 0 Å². The van der Waals surface area contributed by atoms with Crippen LogP contribution in [0.3, 0.4) is 0 Å². The number of likely N-dealkylation sites (tertiary alicyclic amines) is 2. The molecule has 0 radical (unpaired) electrons. The Morgan fingerprint density at radius 1 is 0.667 bits per heavy atom. The van der Waals surface area contributed by atoms with Crippen LogP contribution in [0, 0.1) is 0 Å². The molecule has 8 nitrogen and oxygen atoms in total. The summed E-state index contributed by atoms with van der Waals surface area (Å²) in [5, 5.41) is 18.6. The molecule has 4 atom stereocenters. The number of hydrogen-bond acceptors (Lipinski definition) is 6. The third-order valence-corrected chi connectivity index (χ3v) is 5.16. The Morgan fingerprint density at radius 2 is 0.944 bits per heavy atom. The van der Waals surface area contributed by atoms with Crippen molar-refractivity contribution in [3.63, 3.8) is 0 Å². The maximum Gasteiger partial charge on any atom is 0.410 e. The molecule has 0 spiro atoms. The van der Waals surface area contributed by atoms with Gasteiger partial charge in [-0.2, -0.15) is 26.3 Å². The van der Waals surface area contributed by atoms with Gasteiger partial charge in [0.15, 0.2) is 0 Å². The van der Waals surface area contributed by atoms with Crippen LogP contribution >= 0.6 is 0 Å². The number of nitrogens with zero attached hydrogens (tertiary/aromatic N) is 2. The molecule has 0 unspecified atom stereocenters. The van der Waals surface area contributed by atoms with Gasteiger partial charge in [0.2, 0.25) is 0 Å². The number of rotatable bonds is 0. The molecule has 2 heterocycles. The number of aliphatic hydroxyl groups excluding tert-OH is 2. The molecule has 2 saturated heterocycles. The number of ether oxygens (including phenoxy) is 2. The molecule has 2 aliphatic rings. The molecule has 2 aliphatic heterocycles. The first-order valence-corrected chi connectivity index (χ1v) is 11.5. The summed E-state index contributed by atoms with van der Waals surface area (Å²) in [6, 6.07) is -3.95. The predicted octanol–water partition coefficient (Wildman–Crippen LogP) is 4.62. The van der Waals surface area contributed by atoms with E-state index in [1.807, 2.05) is 0 Å². The van der Waals surface area contributed by atoms with Gasteiger partial charge >= 0.3 is 24.5 Å². The summed E-state index contributed by atoms with van der Waals surface area (Å²) in [7, 11) is 0. The van der Waals surface area contributed by atoms with Crippen molar-refractivity contribution in [2.45, 2.75) is 115 Å². The van der Waals surface area contributed by atoms with Crippen LogP contribution in [0.15, 0.2) is 0 Å². The zero-order valence-electron chi connectivity index (χ0n) is 21.2. The summed E-state index contributed by atoms with van der Waals surface area (Å²) >= 11 is 0. The highest BCUT2D eigenvalue weighted by molar-refractivity contribution is 5.69. The molecule has 0 aromatic heterocycles. The second-order valence-electron chi connectivity index (χ2n) is 10.8. The minimum atomic E-state index is -4.56. The zero-order valence-corrected chi connectivity index (χ0v) is 21.2. The van der Waals surface area contributed by atoms with Crippen molar-refractivity contribution in [2.75, 3.05) is 13.1 Å². The van der Waals surface area contributed by atoms with E-state index in [2.05, 4.69) is 0 Å². The van der Waals surface area contributed by atoms with Gasteiger partial charge in [-0.15, -0.1) is 0 Å². The van der Waals surface area contributed by atoms with Crippen molar-refractivity contribution >= 4 is 12.2 Å². The Morgan fingerprint density at radius 3 is 1.17 bits per heavy atom. The molecule has 0 bridgehead atoms. The van der Waals surface area contributed by atoms with Crippen molar-refractivity contribution in [3.8, 4) is 0 Å². The molecule has 0 aromatic rings. The maximum atomic E-state index is 12.8. The smallest absolute Gasteiger partial charge is 0.410 e. The van der Waals surface area contributed by atoms with Crippen LogP contribution in [-0.4, -0.2) is 93.1 Å². The second kappa shape index (κ2) is 11.6. The monoisotopic (exact) mass is 538 g/mol. The first-order valence-electron chi connectivity index (χ1n) is 11.5. The van der Waals surface area contributed by atoms with E-state index in [1.165, 1.54) is 0 Å². The molecule has 0 aromatic carbocycles. The van der Waals surface area contributed by atoms with Gasteiger partial charge in [0.05, 0.1) is 12.2 Å². The fraction of sp³-hybridized carbons (Fsp3) is 0.909. The second-order valence-corrected chi connectivity index (χ2v) is 10.8. The third-order valence-electron chi connectivity index (χ3n) is 5.16. The Balaban J connectivity index is 0.000000360. The van der Waals surface area contributed by atoms with E-state index >= 15 is 0 Å². The van der Waals surface area contributed by atoms with Crippen LogP contribution < -0.4 is 0 Å². The molecule has 2 rings (SSSR count). The summed E-state index contributed by atoms with van der Waals surface area (Å²) in [6.07, 6.45) is -13.9. The zero-order chi connectivity index (χ0) is 28.3. The van der Waals surface area contributed by atoms with Crippen molar-refractivity contribution in [3.05, 3.63) is 0 Å². The molecule has 212 valence electrons. The highest BCUT2D eigenvalue weighted by Gasteiger charge is 2.50. The number of halogens is 6. The van der Waals surface area contributed by atoms with E-state index in [0.29, 0.717) is 9.80 Å². The molecule has 0 saturated carbocycles. The molecular formula is C22H36F6N2O6. The quantitative estimate of drug-likeness (QED) is 0.437. The van der Waals surface area contributed by atoms with E-state index < -0.39 is 72.9 Å². The van der Waals surface area contributed by atoms with Crippen molar-refractivity contribution in [1.82, 2.24) is 9.80 Å². The van der Waals surface area contributed by atoms with Crippen LogP contribution in [0.25, 0.3) is 0 Å². The largest absolute Gasteiger partial charge is 0.444 e. The van der Waals surface area contributed by atoms with Crippen LogP contribution in [0.1, 0.15) is 67.2 Å². The molecule has 0 aliphatic carbocycles. The molecule has 14 heteroatoms. The van der Waals surface area contributed by atoms with Gasteiger partial charge in [0.25, 0.3) is 0 Å². The third kappa shape index (κ3) is 10.6. The Kier molecular flexibility index (Phi) is 10.3. The normalized spacial score (nSPS) is 26.1. The van der Waals surface area contributed by atoms with Crippen LogP contribution in [0.4, 0.5) is 35.9 Å². The van der Waals surface area contributed by atoms with Gasteiger partial charge in [-0.1, -0.05) is 0 Å². The number of aliphatic hydroxyl groups is 2. The minimum Gasteiger partial charge on any atom is -0.444 e. The Hall–Kier alpha value is -1.96. The van der Waals surface area contributed by atoms with Gasteiger partial charge < -0.3 is 19.7 Å². The SMILES string of the molecule is CC(C)(C)OC(=O)N1CC[C@@H](O)C[C@H]1C(F)(F)F.CC(C)(C)OC(=O)N1CC[C@H](O)C[C@@H]1C(F)(F)F. The summed E-state index contributed by atoms with van der Waals surface area (Å²) in [5.41, 5.74) is -1.69. The summed E-state index contributed by atoms with van der Waals surface area (Å²) < 4.78 is 86.7. The Bertz CT molecular complexity index is 685. The van der Waals surface area contributed by atoms with E-state index in [1.54, 1.807) is 41.5 Å². The van der Waals surface area contributed by atoms with Gasteiger partial charge in [0, 0.05) is 25.9 Å². The predicted molar refractivity (Wildman–Crippen MR) is 116 cm³/mol. The lowest BCUT2D eigenvalue weighted by Gasteiger charge is -2.39. The van der Waals surface area contributed by atoms with Crippen molar-refractivity contribution in [1.29, 1.82) is 0 Å². The van der Waals surface area contributed by atoms with Crippen LogP contribution in [0.5, 0.6) is 0 Å². The van der Waals surface area contributed by atoms with E-state index in [4.69, 9.17) is 9.47 Å². The first kappa shape index (κ1) is 32.1. The van der Waals surface area contributed by atoms with Gasteiger partial charge in [-0.25, -0.2) is 9.59 Å². The fourth-order valence-corrected chi connectivity index (χ4v) is 3.59. The lowest BCUT2D eigenvalue weighted by Crippen LogP contribution is -2.55.